The molecule has 6 nitrogen and oxygen atoms in total. The smallest absolute Gasteiger partial charge is 0.282 e. The number of rotatable bonds is 1. The van der Waals surface area contributed by atoms with Gasteiger partial charge in [-0.05, 0) is 6.07 Å². The monoisotopic (exact) mass is 188 g/mol. The summed E-state index contributed by atoms with van der Waals surface area (Å²) in [6.07, 6.45) is 3.92. The summed E-state index contributed by atoms with van der Waals surface area (Å²) >= 11 is 0. The number of Topliss-reactive ketones (excluding diaryl/α,β-unsaturated/α-hetero) is 1. The molecular weight excluding hydrogens is 184 g/mol. The van der Waals surface area contributed by atoms with E-state index in [1.54, 1.807) is 6.07 Å². The maximum Gasteiger partial charge on any atom is 0.321 e. The Morgan fingerprint density at radius 2 is 1.79 bits per heavy atom. The summed E-state index contributed by atoms with van der Waals surface area (Å²) in [7, 11) is 0. The van der Waals surface area contributed by atoms with E-state index in [0.717, 1.165) is 6.21 Å². The topological polar surface area (TPSA) is 84.6 Å². The molecule has 0 saturated carbocycles. The van der Waals surface area contributed by atoms with Crippen molar-refractivity contribution >= 4 is 23.7 Å². The van der Waals surface area contributed by atoms with Gasteiger partial charge < -0.3 is 0 Å². The number of hydrogen-bond donors (Lipinski definition) is 0. The van der Waals surface area contributed by atoms with Crippen molar-refractivity contribution in [2.45, 2.75) is 0 Å². The molecule has 0 fully saturated rings. The van der Waals surface area contributed by atoms with Gasteiger partial charge in [0.25, 0.3) is 5.78 Å². The summed E-state index contributed by atoms with van der Waals surface area (Å²) in [5, 5.41) is 0. The highest BCUT2D eigenvalue weighted by molar-refractivity contribution is 6.61. The fraction of sp³-hybridized carbons (Fsp3) is 0. The molecule has 1 amide bonds. The number of hydrogen-bond acceptors (Lipinski definition) is 5. The Morgan fingerprint density at radius 1 is 1.07 bits per heavy atom. The van der Waals surface area contributed by atoms with Gasteiger partial charge in [0, 0.05) is 12.4 Å². The van der Waals surface area contributed by atoms with Gasteiger partial charge in [0.1, 0.15) is 0 Å². The molecule has 68 valence electrons. The minimum absolute atomic E-state index is 0.0650. The van der Waals surface area contributed by atoms with Crippen LogP contribution in [0.15, 0.2) is 28.4 Å². The molecule has 0 unspecified atom stereocenters. The lowest BCUT2D eigenvalue weighted by Crippen LogP contribution is -2.21. The third kappa shape index (κ3) is 1.45. The van der Waals surface area contributed by atoms with E-state index in [4.69, 9.17) is 0 Å². The third-order valence-corrected chi connectivity index (χ3v) is 1.49. The Balaban J connectivity index is 2.39. The van der Waals surface area contributed by atoms with Crippen molar-refractivity contribution in [2.75, 3.05) is 0 Å². The first kappa shape index (κ1) is 8.36. The van der Waals surface area contributed by atoms with Crippen LogP contribution in [0, 0.1) is 0 Å². The molecule has 1 aliphatic rings. The van der Waals surface area contributed by atoms with E-state index in [9.17, 15) is 9.59 Å². The average Bonchev–Trinajstić information content (AvgIpc) is 2.23. The van der Waals surface area contributed by atoms with Gasteiger partial charge >= 0.3 is 5.91 Å². The SMILES string of the molecule is O=C1C=NC(c2ncccn2)=NC1=O. The summed E-state index contributed by atoms with van der Waals surface area (Å²) in [6, 6.07) is 1.63. The molecule has 0 atom stereocenters. The number of ketones is 1. The van der Waals surface area contributed by atoms with Gasteiger partial charge in [-0.3, -0.25) is 9.59 Å². The van der Waals surface area contributed by atoms with Crippen molar-refractivity contribution in [3.05, 3.63) is 24.3 Å². The molecule has 1 aromatic rings. The fourth-order valence-corrected chi connectivity index (χ4v) is 0.877. The van der Waals surface area contributed by atoms with Crippen molar-refractivity contribution < 1.29 is 9.59 Å². The van der Waals surface area contributed by atoms with Crippen LogP contribution in [0.1, 0.15) is 5.82 Å². The molecule has 1 aliphatic heterocycles. The van der Waals surface area contributed by atoms with E-state index in [-0.39, 0.29) is 11.7 Å². The van der Waals surface area contributed by atoms with Crippen molar-refractivity contribution in [3.63, 3.8) is 0 Å². The molecule has 14 heavy (non-hydrogen) atoms. The molecule has 0 saturated heterocycles. The number of amides is 1. The first-order chi connectivity index (χ1) is 6.77. The quantitative estimate of drug-likeness (QED) is 0.551. The Morgan fingerprint density at radius 3 is 2.43 bits per heavy atom. The fourth-order valence-electron chi connectivity index (χ4n) is 0.877. The van der Waals surface area contributed by atoms with E-state index >= 15 is 0 Å². The maximum absolute atomic E-state index is 10.9. The van der Waals surface area contributed by atoms with Crippen LogP contribution in [0.2, 0.25) is 0 Å². The molecule has 0 aromatic carbocycles. The lowest BCUT2D eigenvalue weighted by atomic mass is 10.3. The molecule has 6 heteroatoms. The van der Waals surface area contributed by atoms with Crippen LogP contribution in [-0.2, 0) is 9.59 Å². The predicted molar refractivity (Wildman–Crippen MR) is 47.1 cm³/mol. The number of carbonyl (C=O) groups excluding carboxylic acids is 2. The van der Waals surface area contributed by atoms with Crippen LogP contribution in [0.5, 0.6) is 0 Å². The van der Waals surface area contributed by atoms with Crippen molar-refractivity contribution in [3.8, 4) is 0 Å². The molecule has 0 aliphatic carbocycles. The molecular formula is C8H4N4O2. The van der Waals surface area contributed by atoms with E-state index < -0.39 is 11.7 Å². The highest BCUT2D eigenvalue weighted by Crippen LogP contribution is 1.98. The minimum Gasteiger partial charge on any atom is -0.282 e. The van der Waals surface area contributed by atoms with E-state index in [1.807, 2.05) is 0 Å². The van der Waals surface area contributed by atoms with Crippen LogP contribution in [0.3, 0.4) is 0 Å². The van der Waals surface area contributed by atoms with Crippen molar-refractivity contribution in [1.29, 1.82) is 0 Å². The molecule has 1 aromatic heterocycles. The van der Waals surface area contributed by atoms with Crippen LogP contribution in [-0.4, -0.2) is 33.7 Å². The van der Waals surface area contributed by atoms with Gasteiger partial charge in [0.2, 0.25) is 5.84 Å². The standard InChI is InChI=1S/C8H4N4O2/c13-5-4-11-7(12-8(5)14)6-9-2-1-3-10-6/h1-4H. The zero-order valence-electron chi connectivity index (χ0n) is 6.91. The van der Waals surface area contributed by atoms with Gasteiger partial charge in [-0.1, -0.05) is 0 Å². The van der Waals surface area contributed by atoms with Crippen LogP contribution in [0.4, 0.5) is 0 Å². The van der Waals surface area contributed by atoms with Gasteiger partial charge in [0.05, 0.1) is 6.21 Å². The van der Waals surface area contributed by atoms with Gasteiger partial charge in [-0.25, -0.2) is 15.0 Å². The Kier molecular flexibility index (Phi) is 1.94. The zero-order valence-corrected chi connectivity index (χ0v) is 6.91. The summed E-state index contributed by atoms with van der Waals surface area (Å²) < 4.78 is 0. The van der Waals surface area contributed by atoms with Crippen LogP contribution < -0.4 is 0 Å². The third-order valence-electron chi connectivity index (χ3n) is 1.49. The minimum atomic E-state index is -0.845. The largest absolute Gasteiger partial charge is 0.321 e. The second-order valence-electron chi connectivity index (χ2n) is 2.44. The van der Waals surface area contributed by atoms with Gasteiger partial charge in [0.15, 0.2) is 5.82 Å². The van der Waals surface area contributed by atoms with Gasteiger partial charge in [-0.2, -0.15) is 4.99 Å². The molecule has 0 bridgehead atoms. The van der Waals surface area contributed by atoms with E-state index in [1.165, 1.54) is 12.4 Å². The maximum atomic E-state index is 10.9. The zero-order chi connectivity index (χ0) is 9.97. The number of aromatic nitrogens is 2. The Labute approximate surface area is 78.4 Å². The molecule has 2 rings (SSSR count). The summed E-state index contributed by atoms with van der Waals surface area (Å²) in [5.41, 5.74) is 0. The second kappa shape index (κ2) is 3.25. The normalized spacial score (nSPS) is 15.6. The first-order valence-electron chi connectivity index (χ1n) is 3.76. The van der Waals surface area contributed by atoms with E-state index in [2.05, 4.69) is 20.0 Å². The molecule has 0 N–H and O–H groups in total. The lowest BCUT2D eigenvalue weighted by molar-refractivity contribution is -0.131. The van der Waals surface area contributed by atoms with Crippen molar-refractivity contribution in [1.82, 2.24) is 9.97 Å². The summed E-state index contributed by atoms with van der Waals surface area (Å²) in [4.78, 5) is 36.4. The molecule has 0 spiro atoms. The second-order valence-corrected chi connectivity index (χ2v) is 2.44. The van der Waals surface area contributed by atoms with Crippen LogP contribution >= 0.6 is 0 Å². The summed E-state index contributed by atoms with van der Waals surface area (Å²) in [6.45, 7) is 0. The highest BCUT2D eigenvalue weighted by Gasteiger charge is 2.18. The first-order valence-corrected chi connectivity index (χ1v) is 3.76. The summed E-state index contributed by atoms with van der Waals surface area (Å²) in [5.74, 6) is -1.29. The Bertz CT molecular complexity index is 450. The number of amidine groups is 1. The van der Waals surface area contributed by atoms with Crippen molar-refractivity contribution in [2.24, 2.45) is 9.98 Å². The average molecular weight is 188 g/mol. The number of carbonyl (C=O) groups is 2. The number of aliphatic imine (C=N–C) groups is 2. The Hall–Kier alpha value is -2.24. The van der Waals surface area contributed by atoms with Crippen LogP contribution in [0.25, 0.3) is 0 Å². The van der Waals surface area contributed by atoms with E-state index in [0.29, 0.717) is 0 Å². The molecule has 0 radical (unpaired) electrons. The predicted octanol–water partition coefficient (Wildman–Crippen LogP) is -0.597. The van der Waals surface area contributed by atoms with Gasteiger partial charge in [-0.15, -0.1) is 0 Å². The lowest BCUT2D eigenvalue weighted by Gasteiger charge is -2.00. The molecule has 2 heterocycles. The highest BCUT2D eigenvalue weighted by atomic mass is 16.2. The number of nitrogens with zero attached hydrogens (tertiary/aromatic N) is 4.